The zero-order valence-corrected chi connectivity index (χ0v) is 35.6. The van der Waals surface area contributed by atoms with Crippen LogP contribution in [0.1, 0.15) is 131 Å². The average Bonchev–Trinajstić information content (AvgIpc) is 3.07. The van der Waals surface area contributed by atoms with Gasteiger partial charge in [-0.3, -0.25) is 14.4 Å². The second-order valence-electron chi connectivity index (χ2n) is 15.7. The van der Waals surface area contributed by atoms with Gasteiger partial charge in [0.25, 0.3) is 0 Å². The molecule has 0 aromatic rings. The van der Waals surface area contributed by atoms with Gasteiger partial charge in [0.2, 0.25) is 17.7 Å². The van der Waals surface area contributed by atoms with Crippen LogP contribution in [0.3, 0.4) is 0 Å². The van der Waals surface area contributed by atoms with Gasteiger partial charge in [-0.2, -0.15) is 6.41 Å². The zero-order valence-electron chi connectivity index (χ0n) is 32.8. The van der Waals surface area contributed by atoms with Crippen LogP contribution in [0.5, 0.6) is 0 Å². The van der Waals surface area contributed by atoms with Gasteiger partial charge >= 0.3 is 0 Å². The van der Waals surface area contributed by atoms with Crippen LogP contribution >= 0.6 is 0 Å². The molecule has 0 aromatic heterocycles. The fraction of sp³-hybridized carbons (Fsp3) is 0.897. The van der Waals surface area contributed by atoms with Gasteiger partial charge in [0.05, 0.1) is 12.2 Å². The van der Waals surface area contributed by atoms with E-state index in [1.165, 1.54) is 83.5 Å². The molecule has 11 nitrogen and oxygen atoms in total. The Morgan fingerprint density at radius 1 is 0.784 bits per heavy atom. The fourth-order valence-corrected chi connectivity index (χ4v) is 7.88. The molecule has 12 heteroatoms. The summed E-state index contributed by atoms with van der Waals surface area (Å²) in [6.07, 6.45) is 18.3. The second kappa shape index (κ2) is 23.6. The Hall–Kier alpha value is -1.14. The standard InChI is InChI=1S/C19H35N3O3.C18H29N2O3.C2H6.Y/c1-13(2)18(23)21-17(19(24)22-10-9-16(22)11-20)14(3)25-12-15-7-5-4-6-8-15;1-14(23-10-15-6-3-2-4-7-15)16(19-13-21)17(22)20-11-18(12-20)8-5-9-18;1-2;/h13-17H,4-12,20H2,1-3H3,(H,21,23);14-16H,2-12H2,1H3,(H,19,21);1-2H3;/q;-1;;. The molecule has 5 atom stereocenters. The molecule has 0 bridgehead atoms. The smallest absolute Gasteiger partial charge is 0.248 e. The molecule has 3 saturated carbocycles. The van der Waals surface area contributed by atoms with Crippen LogP contribution in [0.4, 0.5) is 0 Å². The van der Waals surface area contributed by atoms with Crippen molar-refractivity contribution in [2.24, 2.45) is 28.9 Å². The van der Waals surface area contributed by atoms with Crippen molar-refractivity contribution in [3.63, 3.8) is 0 Å². The number of carbonyl (C=O) groups is 3. The zero-order chi connectivity index (χ0) is 36.7. The quantitative estimate of drug-likeness (QED) is 0.161. The van der Waals surface area contributed by atoms with Gasteiger partial charge in [0.15, 0.2) is 0 Å². The maximum Gasteiger partial charge on any atom is 0.248 e. The molecular formula is C39H70N5O6Y-. The van der Waals surface area contributed by atoms with Crippen LogP contribution in [-0.4, -0.2) is 104 Å². The van der Waals surface area contributed by atoms with E-state index in [0.29, 0.717) is 43.6 Å². The van der Waals surface area contributed by atoms with E-state index >= 15 is 0 Å². The van der Waals surface area contributed by atoms with Gasteiger partial charge in [-0.05, 0) is 70.6 Å². The van der Waals surface area contributed by atoms with Crippen molar-refractivity contribution in [3.8, 4) is 0 Å². The Morgan fingerprint density at radius 3 is 1.69 bits per heavy atom. The molecule has 4 N–H and O–H groups in total. The number of amides is 4. The van der Waals surface area contributed by atoms with Gasteiger partial charge in [-0.25, -0.2) is 0 Å². The van der Waals surface area contributed by atoms with Crippen LogP contribution in [0.15, 0.2) is 0 Å². The summed E-state index contributed by atoms with van der Waals surface area (Å²) in [4.78, 5) is 52.2. The number of rotatable bonds is 15. The van der Waals surface area contributed by atoms with Crippen molar-refractivity contribution in [2.45, 2.75) is 162 Å². The third-order valence-corrected chi connectivity index (χ3v) is 11.6. The summed E-state index contributed by atoms with van der Waals surface area (Å²) in [6.45, 7) is 15.7. The van der Waals surface area contributed by atoms with E-state index in [0.717, 1.165) is 19.5 Å². The molecule has 5 fully saturated rings. The number of hydrogen-bond donors (Lipinski definition) is 3. The minimum atomic E-state index is -0.632. The first-order valence-corrected chi connectivity index (χ1v) is 20.0. The minimum absolute atomic E-state index is 0. The Bertz CT molecular complexity index is 1040. The Kier molecular flexibility index (Phi) is 21.3. The van der Waals surface area contributed by atoms with Crippen LogP contribution in [0.25, 0.3) is 0 Å². The second-order valence-corrected chi connectivity index (χ2v) is 15.7. The normalized spacial score (nSPS) is 23.6. The van der Waals surface area contributed by atoms with Crippen molar-refractivity contribution < 1.29 is 61.4 Å². The molecular weight excluding hydrogens is 723 g/mol. The van der Waals surface area contributed by atoms with Gasteiger partial charge in [-0.1, -0.05) is 72.6 Å². The van der Waals surface area contributed by atoms with Crippen molar-refractivity contribution in [3.05, 3.63) is 0 Å². The molecule has 4 amide bonds. The molecule has 291 valence electrons. The molecule has 1 spiro atoms. The topological polar surface area (TPSA) is 143 Å². The van der Waals surface area contributed by atoms with Gasteiger partial charge in [0.1, 0.15) is 12.1 Å². The van der Waals surface area contributed by atoms with Crippen molar-refractivity contribution in [2.75, 3.05) is 39.4 Å². The van der Waals surface area contributed by atoms with Crippen LogP contribution in [-0.2, 0) is 61.4 Å². The van der Waals surface area contributed by atoms with Crippen LogP contribution in [0.2, 0.25) is 0 Å². The Labute approximate surface area is 334 Å². The van der Waals surface area contributed by atoms with Crippen LogP contribution in [0, 0.1) is 23.2 Å². The molecule has 3 aliphatic carbocycles. The third kappa shape index (κ3) is 13.6. The first-order chi connectivity index (χ1) is 24.1. The third-order valence-electron chi connectivity index (χ3n) is 11.6. The number of likely N-dealkylation sites (tertiary alicyclic amines) is 2. The van der Waals surface area contributed by atoms with Gasteiger partial charge in [-0.15, -0.1) is 0 Å². The number of nitrogens with zero attached hydrogens (tertiary/aromatic N) is 2. The number of nitrogens with two attached hydrogens (primary N) is 1. The Balaban J connectivity index is 0.000000332. The van der Waals surface area contributed by atoms with Gasteiger partial charge < -0.3 is 40.4 Å². The largest absolute Gasteiger partial charge is 0.520 e. The molecule has 2 saturated heterocycles. The van der Waals surface area contributed by atoms with E-state index in [4.69, 9.17) is 15.2 Å². The SMILES string of the molecule is CC.CC(C)C(=O)NC(C(=O)N1CCC1CN)C(C)OCC1CCCCC1.CC(OCC1CCCCC1)C(N[C-]=O)C(=O)N1CC2(CCC2)C1.[Y]. The van der Waals surface area contributed by atoms with Crippen molar-refractivity contribution in [1.82, 2.24) is 20.4 Å². The molecule has 2 heterocycles. The van der Waals surface area contributed by atoms with E-state index in [1.807, 2.05) is 46.4 Å². The summed E-state index contributed by atoms with van der Waals surface area (Å²) >= 11 is 0. The minimum Gasteiger partial charge on any atom is -0.520 e. The monoisotopic (exact) mass is 793 g/mol. The summed E-state index contributed by atoms with van der Waals surface area (Å²) in [7, 11) is 0. The summed E-state index contributed by atoms with van der Waals surface area (Å²) in [6, 6.07) is -1.14. The predicted molar refractivity (Wildman–Crippen MR) is 197 cm³/mol. The molecule has 0 aromatic carbocycles. The fourth-order valence-electron chi connectivity index (χ4n) is 7.88. The molecule has 51 heavy (non-hydrogen) atoms. The molecule has 2 aliphatic heterocycles. The van der Waals surface area contributed by atoms with Crippen molar-refractivity contribution in [1.29, 1.82) is 0 Å². The first-order valence-electron chi connectivity index (χ1n) is 20.0. The van der Waals surface area contributed by atoms with Crippen LogP contribution < -0.4 is 16.4 Å². The van der Waals surface area contributed by atoms with E-state index in [2.05, 4.69) is 10.6 Å². The summed E-state index contributed by atoms with van der Waals surface area (Å²) in [5, 5.41) is 5.46. The molecule has 5 unspecified atom stereocenters. The van der Waals surface area contributed by atoms with E-state index in [1.54, 1.807) is 11.3 Å². The number of hydrogen-bond acceptors (Lipinski definition) is 7. The predicted octanol–water partition coefficient (Wildman–Crippen LogP) is 4.71. The maximum absolute atomic E-state index is 12.9. The molecule has 5 aliphatic rings. The Morgan fingerprint density at radius 2 is 1.29 bits per heavy atom. The van der Waals surface area contributed by atoms with Crippen molar-refractivity contribution >= 4 is 24.1 Å². The van der Waals surface area contributed by atoms with E-state index < -0.39 is 12.1 Å². The van der Waals surface area contributed by atoms with E-state index in [-0.39, 0.29) is 74.6 Å². The first kappa shape index (κ1) is 46.0. The molecule has 5 rings (SSSR count). The molecule has 1 radical (unpaired) electrons. The number of ether oxygens (including phenoxy) is 2. The summed E-state index contributed by atoms with van der Waals surface area (Å²) < 4.78 is 12.0. The maximum atomic E-state index is 12.9. The average molecular weight is 794 g/mol. The van der Waals surface area contributed by atoms with E-state index in [9.17, 15) is 19.2 Å². The number of nitrogens with one attached hydrogen (secondary N) is 2. The summed E-state index contributed by atoms with van der Waals surface area (Å²) in [5.74, 6) is 0.825. The number of carbonyl (C=O) groups excluding carboxylic acids is 4. The summed E-state index contributed by atoms with van der Waals surface area (Å²) in [5.41, 5.74) is 6.13. The van der Waals surface area contributed by atoms with Gasteiger partial charge in [0, 0.05) is 89.5 Å².